The van der Waals surface area contributed by atoms with Crippen molar-refractivity contribution in [2.75, 3.05) is 20.3 Å². The summed E-state index contributed by atoms with van der Waals surface area (Å²) in [6.07, 6.45) is 0. The van der Waals surface area contributed by atoms with E-state index in [9.17, 15) is 17.2 Å². The van der Waals surface area contributed by atoms with E-state index in [2.05, 4.69) is 9.57 Å². The molecule has 0 aliphatic rings. The van der Waals surface area contributed by atoms with Crippen LogP contribution in [0.15, 0.2) is 23.1 Å². The van der Waals surface area contributed by atoms with Gasteiger partial charge < -0.3 is 4.74 Å². The van der Waals surface area contributed by atoms with E-state index in [0.29, 0.717) is 18.2 Å². The Labute approximate surface area is 97.3 Å². The predicted octanol–water partition coefficient (Wildman–Crippen LogP) is 0.821. The van der Waals surface area contributed by atoms with Crippen molar-refractivity contribution in [2.24, 2.45) is 0 Å². The van der Waals surface area contributed by atoms with Gasteiger partial charge in [-0.15, -0.1) is 0 Å². The van der Waals surface area contributed by atoms with Crippen LogP contribution in [0.2, 0.25) is 0 Å². The number of hydrogen-bond donors (Lipinski definition) is 1. The number of halogens is 2. The normalized spacial score (nSPS) is 11.7. The minimum Gasteiger partial charge on any atom is -0.382 e. The molecule has 0 spiro atoms. The second-order valence-electron chi connectivity index (χ2n) is 3.03. The molecule has 17 heavy (non-hydrogen) atoms. The molecule has 0 aromatic heterocycles. The fourth-order valence-corrected chi connectivity index (χ4v) is 1.85. The zero-order valence-corrected chi connectivity index (χ0v) is 9.76. The van der Waals surface area contributed by atoms with E-state index in [1.165, 1.54) is 7.11 Å². The lowest BCUT2D eigenvalue weighted by Gasteiger charge is -2.07. The van der Waals surface area contributed by atoms with Crippen LogP contribution in [0.25, 0.3) is 0 Å². The molecule has 0 unspecified atom stereocenters. The molecule has 0 atom stereocenters. The highest BCUT2D eigenvalue weighted by molar-refractivity contribution is 7.89. The Morgan fingerprint density at radius 3 is 2.29 bits per heavy atom. The monoisotopic (exact) mass is 267 g/mol. The number of sulfonamides is 1. The lowest BCUT2D eigenvalue weighted by Crippen LogP contribution is -2.26. The molecular weight excluding hydrogens is 256 g/mol. The van der Waals surface area contributed by atoms with Gasteiger partial charge in [0.1, 0.15) is 11.6 Å². The third-order valence-corrected chi connectivity index (χ3v) is 2.90. The Bertz CT molecular complexity index is 458. The molecule has 0 fully saturated rings. The van der Waals surface area contributed by atoms with Gasteiger partial charge in [-0.25, -0.2) is 17.2 Å². The van der Waals surface area contributed by atoms with Gasteiger partial charge in [0.05, 0.1) is 18.1 Å². The molecule has 0 aliphatic carbocycles. The van der Waals surface area contributed by atoms with Crippen molar-refractivity contribution in [1.82, 2.24) is 4.89 Å². The first-order valence-electron chi connectivity index (χ1n) is 4.54. The highest BCUT2D eigenvalue weighted by Crippen LogP contribution is 2.13. The molecule has 1 rings (SSSR count). The van der Waals surface area contributed by atoms with Crippen LogP contribution >= 0.6 is 0 Å². The van der Waals surface area contributed by atoms with Crippen LogP contribution < -0.4 is 4.89 Å². The molecule has 1 aromatic rings. The Morgan fingerprint density at radius 1 is 1.18 bits per heavy atom. The lowest BCUT2D eigenvalue weighted by atomic mass is 10.3. The smallest absolute Gasteiger partial charge is 0.262 e. The highest BCUT2D eigenvalue weighted by Gasteiger charge is 2.16. The zero-order chi connectivity index (χ0) is 12.9. The Morgan fingerprint density at radius 2 is 1.76 bits per heavy atom. The van der Waals surface area contributed by atoms with Gasteiger partial charge in [0.2, 0.25) is 0 Å². The topological polar surface area (TPSA) is 64.6 Å². The van der Waals surface area contributed by atoms with Crippen LogP contribution in [0.1, 0.15) is 0 Å². The Kier molecular flexibility index (Phi) is 4.94. The van der Waals surface area contributed by atoms with E-state index < -0.39 is 26.6 Å². The molecule has 1 N–H and O–H groups in total. The fraction of sp³-hybridized carbons (Fsp3) is 0.333. The van der Waals surface area contributed by atoms with Crippen molar-refractivity contribution in [3.63, 3.8) is 0 Å². The number of nitrogens with one attached hydrogen (secondary N) is 1. The molecule has 0 saturated heterocycles. The summed E-state index contributed by atoms with van der Waals surface area (Å²) in [5.41, 5.74) is 0. The number of hydrogen-bond acceptors (Lipinski definition) is 4. The summed E-state index contributed by atoms with van der Waals surface area (Å²) in [5, 5.41) is 0. The standard InChI is InChI=1S/C9H11F2NO4S/c1-15-2-3-16-12-17(13,14)9-5-7(10)4-8(11)6-9/h4-6,12H,2-3H2,1H3. The summed E-state index contributed by atoms with van der Waals surface area (Å²) in [4.78, 5) is 5.74. The number of ether oxygens (including phenoxy) is 1. The summed E-state index contributed by atoms with van der Waals surface area (Å²) < 4.78 is 53.2. The first-order chi connectivity index (χ1) is 7.95. The maximum Gasteiger partial charge on any atom is 0.262 e. The molecule has 0 aliphatic heterocycles. The zero-order valence-electron chi connectivity index (χ0n) is 8.94. The number of methoxy groups -OCH3 is 1. The molecule has 1 aromatic carbocycles. The molecule has 0 amide bonds. The molecule has 0 radical (unpaired) electrons. The van der Waals surface area contributed by atoms with Crippen molar-refractivity contribution >= 4 is 10.0 Å². The SMILES string of the molecule is COCCONS(=O)(=O)c1cc(F)cc(F)c1. The molecule has 0 heterocycles. The summed E-state index contributed by atoms with van der Waals surface area (Å²) in [5.74, 6) is -1.97. The minimum atomic E-state index is -4.09. The van der Waals surface area contributed by atoms with Gasteiger partial charge in [0, 0.05) is 13.2 Å². The molecule has 96 valence electrons. The van der Waals surface area contributed by atoms with Gasteiger partial charge >= 0.3 is 0 Å². The lowest BCUT2D eigenvalue weighted by molar-refractivity contribution is 0.0438. The highest BCUT2D eigenvalue weighted by atomic mass is 32.2. The summed E-state index contributed by atoms with van der Waals surface area (Å²) in [7, 11) is -2.68. The van der Waals surface area contributed by atoms with Crippen molar-refractivity contribution in [3.8, 4) is 0 Å². The second-order valence-corrected chi connectivity index (χ2v) is 4.68. The average molecular weight is 267 g/mol. The first kappa shape index (κ1) is 14.0. The van der Waals surface area contributed by atoms with E-state index in [0.717, 1.165) is 0 Å². The average Bonchev–Trinajstić information content (AvgIpc) is 2.23. The van der Waals surface area contributed by atoms with E-state index in [1.54, 1.807) is 4.89 Å². The number of rotatable bonds is 6. The summed E-state index contributed by atoms with van der Waals surface area (Å²) >= 11 is 0. The van der Waals surface area contributed by atoms with Gasteiger partial charge in [-0.3, -0.25) is 4.84 Å². The van der Waals surface area contributed by atoms with E-state index >= 15 is 0 Å². The maximum absolute atomic E-state index is 12.8. The predicted molar refractivity (Wildman–Crippen MR) is 54.5 cm³/mol. The van der Waals surface area contributed by atoms with Crippen molar-refractivity contribution in [1.29, 1.82) is 0 Å². The van der Waals surface area contributed by atoms with Gasteiger partial charge in [-0.1, -0.05) is 4.89 Å². The van der Waals surface area contributed by atoms with E-state index in [1.807, 2.05) is 0 Å². The maximum atomic E-state index is 12.8. The molecule has 8 heteroatoms. The summed E-state index contributed by atoms with van der Waals surface area (Å²) in [6.45, 7) is 0.160. The Balaban J connectivity index is 2.75. The van der Waals surface area contributed by atoms with Crippen LogP contribution in [0.3, 0.4) is 0 Å². The van der Waals surface area contributed by atoms with Crippen molar-refractivity contribution < 1.29 is 26.8 Å². The molecule has 0 bridgehead atoms. The number of benzene rings is 1. The minimum absolute atomic E-state index is 0.0203. The van der Waals surface area contributed by atoms with Crippen LogP contribution in [0.4, 0.5) is 8.78 Å². The van der Waals surface area contributed by atoms with Crippen LogP contribution in [-0.2, 0) is 19.6 Å². The van der Waals surface area contributed by atoms with Gasteiger partial charge in [0.15, 0.2) is 0 Å². The van der Waals surface area contributed by atoms with Gasteiger partial charge in [-0.05, 0) is 12.1 Å². The van der Waals surface area contributed by atoms with Crippen molar-refractivity contribution in [3.05, 3.63) is 29.8 Å². The molecule has 0 saturated carbocycles. The third kappa shape index (κ3) is 4.35. The van der Waals surface area contributed by atoms with Crippen LogP contribution in [0, 0.1) is 11.6 Å². The van der Waals surface area contributed by atoms with E-state index in [-0.39, 0.29) is 13.2 Å². The van der Waals surface area contributed by atoms with E-state index in [4.69, 9.17) is 0 Å². The van der Waals surface area contributed by atoms with Crippen LogP contribution in [0.5, 0.6) is 0 Å². The quantitative estimate of drug-likeness (QED) is 0.612. The molecular formula is C9H11F2NO4S. The second kappa shape index (κ2) is 6.01. The largest absolute Gasteiger partial charge is 0.382 e. The molecule has 5 nitrogen and oxygen atoms in total. The third-order valence-electron chi connectivity index (χ3n) is 1.70. The van der Waals surface area contributed by atoms with Crippen molar-refractivity contribution in [2.45, 2.75) is 4.90 Å². The van der Waals surface area contributed by atoms with Crippen LogP contribution in [-0.4, -0.2) is 28.7 Å². The summed E-state index contributed by atoms with van der Waals surface area (Å²) in [6, 6.07) is 1.95. The van der Waals surface area contributed by atoms with Gasteiger partial charge in [0.25, 0.3) is 10.0 Å². The fourth-order valence-electron chi connectivity index (χ4n) is 0.976. The first-order valence-corrected chi connectivity index (χ1v) is 6.02. The van der Waals surface area contributed by atoms with Gasteiger partial charge in [-0.2, -0.15) is 0 Å². The Hall–Kier alpha value is -1.09.